The molecule has 0 amide bonds. The Balaban J connectivity index is 1.22. The van der Waals surface area contributed by atoms with Crippen LogP contribution in [0.1, 0.15) is 0 Å². The lowest BCUT2D eigenvalue weighted by Gasteiger charge is -2.13. The summed E-state index contributed by atoms with van der Waals surface area (Å²) >= 11 is 0. The smallest absolute Gasteiger partial charge is 0.137 e. The van der Waals surface area contributed by atoms with Crippen molar-refractivity contribution in [2.75, 3.05) is 0 Å². The quantitative estimate of drug-likeness (QED) is 0.180. The molecule has 0 unspecified atom stereocenters. The maximum atomic E-state index is 6.53. The van der Waals surface area contributed by atoms with Crippen LogP contribution >= 0.6 is 0 Å². The van der Waals surface area contributed by atoms with E-state index in [2.05, 4.69) is 191 Å². The normalized spacial score (nSPS) is 12.1. The van der Waals surface area contributed by atoms with Crippen molar-refractivity contribution < 1.29 is 8.83 Å². The number of aromatic nitrogens is 2. The molecular formula is C54H32N2O2. The molecule has 0 aliphatic heterocycles. The Morgan fingerprint density at radius 1 is 0.276 bits per heavy atom. The third-order valence-corrected chi connectivity index (χ3v) is 12.1. The first-order valence-corrected chi connectivity index (χ1v) is 19.8. The van der Waals surface area contributed by atoms with E-state index in [1.54, 1.807) is 0 Å². The molecule has 0 saturated heterocycles. The van der Waals surface area contributed by atoms with E-state index in [0.29, 0.717) is 0 Å². The molecule has 13 aromatic rings. The third-order valence-electron chi connectivity index (χ3n) is 12.1. The van der Waals surface area contributed by atoms with Crippen LogP contribution in [0.2, 0.25) is 0 Å². The monoisotopic (exact) mass is 740 g/mol. The van der Waals surface area contributed by atoms with Gasteiger partial charge in [0.25, 0.3) is 0 Å². The summed E-state index contributed by atoms with van der Waals surface area (Å²) in [5.41, 5.74) is 14.9. The van der Waals surface area contributed by atoms with Crippen LogP contribution in [0.3, 0.4) is 0 Å². The van der Waals surface area contributed by atoms with Crippen molar-refractivity contribution in [2.24, 2.45) is 0 Å². The molecule has 0 bridgehead atoms. The molecule has 0 aliphatic carbocycles. The van der Waals surface area contributed by atoms with Gasteiger partial charge in [-0.15, -0.1) is 0 Å². The zero-order valence-electron chi connectivity index (χ0n) is 31.2. The van der Waals surface area contributed by atoms with Crippen LogP contribution in [0.4, 0.5) is 0 Å². The minimum absolute atomic E-state index is 0.878. The topological polar surface area (TPSA) is 36.1 Å². The molecule has 0 radical (unpaired) electrons. The molecule has 4 nitrogen and oxygen atoms in total. The predicted octanol–water partition coefficient (Wildman–Crippen LogP) is 15.0. The number of furan rings is 2. The molecule has 0 atom stereocenters. The second kappa shape index (κ2) is 11.8. The maximum absolute atomic E-state index is 6.53. The van der Waals surface area contributed by atoms with Crippen molar-refractivity contribution in [2.45, 2.75) is 0 Å². The largest absolute Gasteiger partial charge is 0.456 e. The van der Waals surface area contributed by atoms with E-state index in [9.17, 15) is 0 Å². The number of benzene rings is 9. The van der Waals surface area contributed by atoms with E-state index in [0.717, 1.165) is 77.3 Å². The number of rotatable bonds is 4. The molecule has 9 aromatic carbocycles. The summed E-state index contributed by atoms with van der Waals surface area (Å²) in [7, 11) is 0. The molecule has 0 aliphatic rings. The van der Waals surface area contributed by atoms with Gasteiger partial charge < -0.3 is 18.0 Å². The highest BCUT2D eigenvalue weighted by atomic mass is 16.3. The molecule has 13 rings (SSSR count). The average molecular weight is 741 g/mol. The Kier molecular flexibility index (Phi) is 6.41. The van der Waals surface area contributed by atoms with Crippen molar-refractivity contribution in [3.05, 3.63) is 194 Å². The average Bonchev–Trinajstić information content (AvgIpc) is 4.03. The molecule has 270 valence electrons. The predicted molar refractivity (Wildman–Crippen MR) is 241 cm³/mol. The van der Waals surface area contributed by atoms with Gasteiger partial charge in [-0.05, 0) is 95.1 Å². The highest BCUT2D eigenvalue weighted by Gasteiger charge is 2.24. The van der Waals surface area contributed by atoms with Crippen LogP contribution in [0.5, 0.6) is 0 Å². The van der Waals surface area contributed by atoms with Crippen molar-refractivity contribution in [1.29, 1.82) is 0 Å². The molecule has 58 heavy (non-hydrogen) atoms. The van der Waals surface area contributed by atoms with Gasteiger partial charge in [-0.3, -0.25) is 0 Å². The molecule has 0 saturated carbocycles. The maximum Gasteiger partial charge on any atom is 0.137 e. The van der Waals surface area contributed by atoms with Gasteiger partial charge in [0.2, 0.25) is 0 Å². The lowest BCUT2D eigenvalue weighted by molar-refractivity contribution is 0.669. The fourth-order valence-electron chi connectivity index (χ4n) is 9.56. The van der Waals surface area contributed by atoms with Crippen molar-refractivity contribution in [3.63, 3.8) is 0 Å². The zero-order valence-corrected chi connectivity index (χ0v) is 31.2. The number of hydrogen-bond donors (Lipinski definition) is 0. The third kappa shape index (κ3) is 4.40. The van der Waals surface area contributed by atoms with Gasteiger partial charge in [0.15, 0.2) is 0 Å². The molecule has 0 N–H and O–H groups in total. The van der Waals surface area contributed by atoms with Crippen LogP contribution in [0.15, 0.2) is 203 Å². The summed E-state index contributed by atoms with van der Waals surface area (Å²) in [6.45, 7) is 0. The fourth-order valence-corrected chi connectivity index (χ4v) is 9.56. The SMILES string of the molecule is c1ccc(-c2cccc(-n3c4cc5c(cc4c4ccc6oc7ccccc7c6c43)c3ccc4oc6ccccc6c4c3n5-c3cccc(-c4ccccc4)c3)c2)cc1. The molecule has 4 heterocycles. The summed E-state index contributed by atoms with van der Waals surface area (Å²) in [4.78, 5) is 0. The van der Waals surface area contributed by atoms with Gasteiger partial charge >= 0.3 is 0 Å². The highest BCUT2D eigenvalue weighted by Crippen LogP contribution is 2.46. The second-order valence-electron chi connectivity index (χ2n) is 15.3. The Bertz CT molecular complexity index is 3540. The summed E-state index contributed by atoms with van der Waals surface area (Å²) in [6.07, 6.45) is 0. The second-order valence-corrected chi connectivity index (χ2v) is 15.3. The Labute approximate surface area is 332 Å². The Morgan fingerprint density at radius 2 is 0.707 bits per heavy atom. The van der Waals surface area contributed by atoms with E-state index < -0.39 is 0 Å². The van der Waals surface area contributed by atoms with Gasteiger partial charge in [-0.25, -0.2) is 0 Å². The minimum atomic E-state index is 0.878. The van der Waals surface area contributed by atoms with Crippen LogP contribution in [0.25, 0.3) is 121 Å². The summed E-state index contributed by atoms with van der Waals surface area (Å²) in [5, 5.41) is 9.20. The molecule has 0 spiro atoms. The summed E-state index contributed by atoms with van der Waals surface area (Å²) < 4.78 is 18.0. The number of nitrogens with zero attached hydrogens (tertiary/aromatic N) is 2. The molecular weight excluding hydrogens is 709 g/mol. The molecule has 0 fully saturated rings. The van der Waals surface area contributed by atoms with E-state index in [-0.39, 0.29) is 0 Å². The van der Waals surface area contributed by atoms with E-state index in [4.69, 9.17) is 8.83 Å². The first-order valence-electron chi connectivity index (χ1n) is 19.8. The lowest BCUT2D eigenvalue weighted by atomic mass is 10.0. The fraction of sp³-hybridized carbons (Fsp3) is 0. The highest BCUT2D eigenvalue weighted by molar-refractivity contribution is 6.29. The summed E-state index contributed by atoms with van der Waals surface area (Å²) in [5.74, 6) is 0. The lowest BCUT2D eigenvalue weighted by Crippen LogP contribution is -1.97. The molecule has 4 heteroatoms. The minimum Gasteiger partial charge on any atom is -0.456 e. The van der Waals surface area contributed by atoms with Gasteiger partial charge in [0.1, 0.15) is 22.3 Å². The first kappa shape index (κ1) is 31.4. The Morgan fingerprint density at radius 3 is 1.19 bits per heavy atom. The number of fused-ring (bicyclic) bond motifs is 14. The number of hydrogen-bond acceptors (Lipinski definition) is 2. The van der Waals surface area contributed by atoms with E-state index in [1.807, 2.05) is 12.1 Å². The Hall–Kier alpha value is -7.82. The van der Waals surface area contributed by atoms with Crippen molar-refractivity contribution in [3.8, 4) is 33.6 Å². The van der Waals surface area contributed by atoms with Crippen LogP contribution in [0, 0.1) is 0 Å². The van der Waals surface area contributed by atoms with E-state index >= 15 is 0 Å². The van der Waals surface area contributed by atoms with Gasteiger partial charge in [-0.2, -0.15) is 0 Å². The van der Waals surface area contributed by atoms with Crippen LogP contribution in [-0.4, -0.2) is 9.13 Å². The standard InChI is InChI=1S/C54H32N2O2/c1-3-13-33(14-4-1)35-17-11-19-37(29-35)55-45-32-46-44(31-43(45)39-25-27-49-51(53(39)55)41-21-7-9-23-47(41)57-49)40-26-28-50-52(42-22-8-10-24-48(42)58-50)54(40)56(46)38-20-12-18-36(30-38)34-15-5-2-6-16-34/h1-32H. The molecule has 4 aromatic heterocycles. The van der Waals surface area contributed by atoms with Crippen molar-refractivity contribution >= 4 is 87.5 Å². The van der Waals surface area contributed by atoms with Gasteiger partial charge in [0.05, 0.1) is 32.8 Å². The zero-order chi connectivity index (χ0) is 37.9. The van der Waals surface area contributed by atoms with Crippen molar-refractivity contribution in [1.82, 2.24) is 9.13 Å². The van der Waals surface area contributed by atoms with E-state index in [1.165, 1.54) is 43.8 Å². The summed E-state index contributed by atoms with van der Waals surface area (Å²) in [6, 6.07) is 69.5. The van der Waals surface area contributed by atoms with Gasteiger partial charge in [-0.1, -0.05) is 121 Å². The number of para-hydroxylation sites is 2. The van der Waals surface area contributed by atoms with Gasteiger partial charge in [0, 0.05) is 43.7 Å². The van der Waals surface area contributed by atoms with Crippen LogP contribution < -0.4 is 0 Å². The van der Waals surface area contributed by atoms with Crippen LogP contribution in [-0.2, 0) is 0 Å². The first-order chi connectivity index (χ1) is 28.8.